The van der Waals surface area contributed by atoms with Gasteiger partial charge in [-0.25, -0.2) is 0 Å². The van der Waals surface area contributed by atoms with E-state index in [0.717, 1.165) is 19.3 Å². The van der Waals surface area contributed by atoms with Crippen molar-refractivity contribution < 1.29 is 23.6 Å². The normalized spacial score (nSPS) is 12.1. The minimum Gasteiger partial charge on any atom is -0.497 e. The molecule has 0 fully saturated rings. The van der Waals surface area contributed by atoms with Crippen molar-refractivity contribution in [3.63, 3.8) is 0 Å². The van der Waals surface area contributed by atoms with E-state index in [1.807, 2.05) is 27.7 Å². The lowest BCUT2D eigenvalue weighted by Gasteiger charge is -2.34. The predicted molar refractivity (Wildman–Crippen MR) is 134 cm³/mol. The number of anilines is 1. The second-order valence-corrected chi connectivity index (χ2v) is 9.21. The van der Waals surface area contributed by atoms with Gasteiger partial charge < -0.3 is 24.8 Å². The first-order chi connectivity index (χ1) is 16.6. The quantitative estimate of drug-likeness (QED) is 0.434. The number of rotatable bonds is 13. The number of amides is 3. The van der Waals surface area contributed by atoms with E-state index in [1.165, 1.54) is 0 Å². The zero-order chi connectivity index (χ0) is 26.0. The second kappa shape index (κ2) is 12.9. The number of nitrogens with zero attached hydrogens (tertiary/aromatic N) is 2. The zero-order valence-electron chi connectivity index (χ0n) is 21.6. The molecule has 1 aromatic heterocycles. The van der Waals surface area contributed by atoms with Gasteiger partial charge in [0.25, 0.3) is 0 Å². The number of benzene rings is 1. The first kappa shape index (κ1) is 27.9. The van der Waals surface area contributed by atoms with E-state index in [-0.39, 0.29) is 30.6 Å². The van der Waals surface area contributed by atoms with Crippen LogP contribution < -0.4 is 15.4 Å². The highest BCUT2D eigenvalue weighted by atomic mass is 16.5. The van der Waals surface area contributed by atoms with E-state index in [9.17, 15) is 14.4 Å². The van der Waals surface area contributed by atoms with Crippen molar-refractivity contribution in [2.45, 2.75) is 78.3 Å². The lowest BCUT2D eigenvalue weighted by Crippen LogP contribution is -2.50. The van der Waals surface area contributed by atoms with E-state index < -0.39 is 11.6 Å². The molecule has 0 aliphatic carbocycles. The molecule has 0 radical (unpaired) electrons. The number of aryl methyl sites for hydroxylation is 1. The number of carbonyl (C=O) groups is 3. The highest BCUT2D eigenvalue weighted by Gasteiger charge is 2.33. The monoisotopic (exact) mass is 486 g/mol. The summed E-state index contributed by atoms with van der Waals surface area (Å²) in [6.45, 7) is 10.0. The second-order valence-electron chi connectivity index (χ2n) is 9.21. The molecule has 0 saturated carbocycles. The van der Waals surface area contributed by atoms with Crippen LogP contribution in [-0.4, -0.2) is 47.0 Å². The van der Waals surface area contributed by atoms with Gasteiger partial charge in [0.1, 0.15) is 17.6 Å². The third-order valence-corrected chi connectivity index (χ3v) is 5.87. The van der Waals surface area contributed by atoms with E-state index in [0.29, 0.717) is 29.4 Å². The molecule has 1 atom stereocenters. The molecule has 9 heteroatoms. The van der Waals surface area contributed by atoms with Crippen molar-refractivity contribution in [1.82, 2.24) is 15.4 Å². The summed E-state index contributed by atoms with van der Waals surface area (Å²) in [5, 5.41) is 9.45. The van der Waals surface area contributed by atoms with Gasteiger partial charge in [0.15, 0.2) is 5.82 Å². The van der Waals surface area contributed by atoms with Gasteiger partial charge in [0, 0.05) is 31.0 Å². The van der Waals surface area contributed by atoms with Gasteiger partial charge in [-0.15, -0.1) is 0 Å². The molecule has 2 rings (SSSR count). The molecular formula is C26H38N4O5. The zero-order valence-corrected chi connectivity index (χ0v) is 21.6. The Morgan fingerprint density at radius 3 is 2.37 bits per heavy atom. The minimum absolute atomic E-state index is 0.0369. The van der Waals surface area contributed by atoms with E-state index in [4.69, 9.17) is 9.26 Å². The van der Waals surface area contributed by atoms with Gasteiger partial charge in [-0.3, -0.25) is 14.4 Å². The number of methoxy groups -OCH3 is 1. The summed E-state index contributed by atoms with van der Waals surface area (Å²) in [5.74, 6) is 0.669. The maximum Gasteiger partial charge on any atom is 0.247 e. The van der Waals surface area contributed by atoms with Crippen LogP contribution in [0.2, 0.25) is 0 Å². The first-order valence-electron chi connectivity index (χ1n) is 12.1. The molecule has 0 aliphatic heterocycles. The average Bonchev–Trinajstić information content (AvgIpc) is 3.24. The molecule has 1 heterocycles. The SMILES string of the molecule is CCCCN(C(=O)CCC(=O)Nc1cc(C)on1)[C@H](C(=O)NC(C)(C)CC)c1ccc(OC)cc1. The molecule has 3 amide bonds. The summed E-state index contributed by atoms with van der Waals surface area (Å²) in [6.07, 6.45) is 2.24. The molecule has 0 aliphatic rings. The Kier molecular flexibility index (Phi) is 10.3. The minimum atomic E-state index is -0.827. The van der Waals surface area contributed by atoms with Crippen LogP contribution in [0.25, 0.3) is 0 Å². The fraction of sp³-hybridized carbons (Fsp3) is 0.538. The fourth-order valence-corrected chi connectivity index (χ4v) is 3.47. The van der Waals surface area contributed by atoms with Crippen LogP contribution in [0.15, 0.2) is 34.9 Å². The Balaban J connectivity index is 2.27. The topological polar surface area (TPSA) is 114 Å². The van der Waals surface area contributed by atoms with Crippen LogP contribution in [0, 0.1) is 6.92 Å². The summed E-state index contributed by atoms with van der Waals surface area (Å²) >= 11 is 0. The van der Waals surface area contributed by atoms with E-state index in [2.05, 4.69) is 15.8 Å². The highest BCUT2D eigenvalue weighted by Crippen LogP contribution is 2.26. The van der Waals surface area contributed by atoms with Crippen LogP contribution in [0.3, 0.4) is 0 Å². The van der Waals surface area contributed by atoms with Crippen LogP contribution in [-0.2, 0) is 14.4 Å². The standard InChI is InChI=1S/C26H38N4O5/c1-7-9-16-30(23(32)15-14-22(31)27-21-17-18(3)35-29-21)24(25(33)28-26(4,5)8-2)19-10-12-20(34-6)13-11-19/h10-13,17,24H,7-9,14-16H2,1-6H3,(H,28,33)(H,27,29,31)/t24-/m0/s1. The molecule has 0 saturated heterocycles. The van der Waals surface area contributed by atoms with E-state index in [1.54, 1.807) is 49.3 Å². The Hall–Kier alpha value is -3.36. The van der Waals surface area contributed by atoms with Crippen molar-refractivity contribution in [2.75, 3.05) is 19.0 Å². The third kappa shape index (κ3) is 8.42. The smallest absolute Gasteiger partial charge is 0.247 e. The van der Waals surface area contributed by atoms with Gasteiger partial charge in [-0.05, 0) is 51.3 Å². The summed E-state index contributed by atoms with van der Waals surface area (Å²) in [6, 6.07) is 7.92. The number of ether oxygens (including phenoxy) is 1. The molecule has 35 heavy (non-hydrogen) atoms. The largest absolute Gasteiger partial charge is 0.497 e. The molecule has 192 valence electrons. The number of hydrogen-bond donors (Lipinski definition) is 2. The van der Waals surface area contributed by atoms with Crippen molar-refractivity contribution in [3.8, 4) is 5.75 Å². The lowest BCUT2D eigenvalue weighted by molar-refractivity contribution is -0.142. The molecule has 0 spiro atoms. The van der Waals surface area contributed by atoms with Gasteiger partial charge in [-0.1, -0.05) is 37.6 Å². The number of aromatic nitrogens is 1. The van der Waals surface area contributed by atoms with Crippen LogP contribution in [0.1, 0.15) is 77.2 Å². The lowest BCUT2D eigenvalue weighted by atomic mass is 9.98. The molecule has 2 N–H and O–H groups in total. The molecule has 1 aromatic carbocycles. The van der Waals surface area contributed by atoms with E-state index >= 15 is 0 Å². The molecular weight excluding hydrogens is 448 g/mol. The van der Waals surface area contributed by atoms with Crippen molar-refractivity contribution in [2.24, 2.45) is 0 Å². The van der Waals surface area contributed by atoms with Crippen molar-refractivity contribution >= 4 is 23.5 Å². The van der Waals surface area contributed by atoms with Gasteiger partial charge in [0.05, 0.1) is 7.11 Å². The van der Waals surface area contributed by atoms with Gasteiger partial charge in [-0.2, -0.15) is 0 Å². The fourth-order valence-electron chi connectivity index (χ4n) is 3.47. The molecule has 2 aromatic rings. The van der Waals surface area contributed by atoms with Crippen molar-refractivity contribution in [3.05, 3.63) is 41.7 Å². The summed E-state index contributed by atoms with van der Waals surface area (Å²) in [7, 11) is 1.57. The van der Waals surface area contributed by atoms with Crippen LogP contribution >= 0.6 is 0 Å². The Labute approximate surface area is 207 Å². The Morgan fingerprint density at radius 1 is 1.14 bits per heavy atom. The number of unbranched alkanes of at least 4 members (excludes halogenated alkanes) is 1. The maximum atomic E-state index is 13.5. The van der Waals surface area contributed by atoms with Gasteiger partial charge >= 0.3 is 0 Å². The molecule has 0 bridgehead atoms. The number of nitrogens with one attached hydrogen (secondary N) is 2. The van der Waals surface area contributed by atoms with Crippen LogP contribution in [0.4, 0.5) is 5.82 Å². The highest BCUT2D eigenvalue weighted by molar-refractivity contribution is 5.94. The number of hydrogen-bond acceptors (Lipinski definition) is 6. The predicted octanol–water partition coefficient (Wildman–Crippen LogP) is 4.39. The average molecular weight is 487 g/mol. The first-order valence-corrected chi connectivity index (χ1v) is 12.1. The Morgan fingerprint density at radius 2 is 1.83 bits per heavy atom. The summed E-state index contributed by atoms with van der Waals surface area (Å²) < 4.78 is 10.2. The Bertz CT molecular complexity index is 984. The van der Waals surface area contributed by atoms with Gasteiger partial charge in [0.2, 0.25) is 17.7 Å². The summed E-state index contributed by atoms with van der Waals surface area (Å²) in [5.41, 5.74) is 0.249. The third-order valence-electron chi connectivity index (χ3n) is 5.87. The molecule has 9 nitrogen and oxygen atoms in total. The van der Waals surface area contributed by atoms with Crippen LogP contribution in [0.5, 0.6) is 5.75 Å². The maximum absolute atomic E-state index is 13.5. The molecule has 0 unspecified atom stereocenters. The number of carbonyl (C=O) groups excluding carboxylic acids is 3. The van der Waals surface area contributed by atoms with Crippen molar-refractivity contribution in [1.29, 1.82) is 0 Å². The summed E-state index contributed by atoms with van der Waals surface area (Å²) in [4.78, 5) is 40.9.